The fourth-order valence-corrected chi connectivity index (χ4v) is 3.12. The zero-order valence-electron chi connectivity index (χ0n) is 23.9. The molecule has 0 fully saturated rings. The van der Waals surface area contributed by atoms with Gasteiger partial charge in [0.25, 0.3) is 0 Å². The number of nitrogens with two attached hydrogens (primary N) is 1. The Morgan fingerprint density at radius 2 is 2.17 bits per heavy atom. The smallest absolute Gasteiger partial charge is 0.230 e. The molecule has 4 N–H and O–H groups in total. The summed E-state index contributed by atoms with van der Waals surface area (Å²) in [5.41, 5.74) is 6.60. The molecule has 6 heteroatoms. The molecule has 0 radical (unpaired) electrons. The van der Waals surface area contributed by atoms with Crippen molar-refractivity contribution in [1.29, 1.82) is 0 Å². The predicted molar refractivity (Wildman–Crippen MR) is 119 cm³/mol. The Kier molecular flexibility index (Phi) is 4.49. The molecular formula is C23H27N3O2S. The second-order valence-corrected chi connectivity index (χ2v) is 7.23. The third-order valence-corrected chi connectivity index (χ3v) is 4.64. The van der Waals surface area contributed by atoms with Gasteiger partial charge in [-0.25, -0.2) is 4.98 Å². The molecule has 0 unspecified atom stereocenters. The fraction of sp³-hybridized carbons (Fsp3) is 0.304. The van der Waals surface area contributed by atoms with E-state index in [0.29, 0.717) is 17.8 Å². The molecule has 5 nitrogen and oxygen atoms in total. The largest absolute Gasteiger partial charge is 0.388 e. The van der Waals surface area contributed by atoms with Crippen LogP contribution in [0.15, 0.2) is 53.8 Å². The maximum atomic E-state index is 12.2. The van der Waals surface area contributed by atoms with E-state index in [1.54, 1.807) is 24.3 Å². The lowest BCUT2D eigenvalue weighted by Gasteiger charge is -2.11. The van der Waals surface area contributed by atoms with Gasteiger partial charge in [-0.1, -0.05) is 48.3 Å². The van der Waals surface area contributed by atoms with E-state index in [2.05, 4.69) is 10.3 Å². The molecule has 152 valence electrons. The summed E-state index contributed by atoms with van der Waals surface area (Å²) in [5.74, 6) is -0.346. The molecule has 0 aliphatic carbocycles. The lowest BCUT2D eigenvalue weighted by molar-refractivity contribution is -0.115. The molecule has 1 aromatic heterocycles. The van der Waals surface area contributed by atoms with Crippen molar-refractivity contribution in [2.45, 2.75) is 45.1 Å². The molecule has 0 bridgehead atoms. The van der Waals surface area contributed by atoms with Crippen LogP contribution in [0, 0.1) is 6.92 Å². The van der Waals surface area contributed by atoms with Crippen molar-refractivity contribution in [3.05, 3.63) is 76.2 Å². The van der Waals surface area contributed by atoms with E-state index in [1.165, 1.54) is 6.92 Å². The topological polar surface area (TPSA) is 88.2 Å². The Balaban J connectivity index is 1.62. The average molecular weight is 418 g/mol. The van der Waals surface area contributed by atoms with Gasteiger partial charge in [0, 0.05) is 13.8 Å². The van der Waals surface area contributed by atoms with Gasteiger partial charge < -0.3 is 16.2 Å². The Morgan fingerprint density at radius 3 is 2.90 bits per heavy atom. The first-order valence-corrected chi connectivity index (χ1v) is 9.87. The lowest BCUT2D eigenvalue weighted by Crippen LogP contribution is -2.14. The number of amides is 1. The van der Waals surface area contributed by atoms with Crippen molar-refractivity contribution < 1.29 is 20.9 Å². The summed E-state index contributed by atoms with van der Waals surface area (Å²) >= 11 is 0.997. The maximum absolute atomic E-state index is 12.2. The monoisotopic (exact) mass is 417 g/mol. The molecule has 0 saturated carbocycles. The number of hydrogen-bond acceptors (Lipinski definition) is 5. The van der Waals surface area contributed by atoms with Gasteiger partial charge in [-0.05, 0) is 49.4 Å². The highest BCUT2D eigenvalue weighted by Crippen LogP contribution is 2.21. The minimum absolute atomic E-state index is 0.000468. The first-order chi connectivity index (χ1) is 17.2. The van der Waals surface area contributed by atoms with Gasteiger partial charge in [-0.15, -0.1) is 11.3 Å². The molecule has 29 heavy (non-hydrogen) atoms. The summed E-state index contributed by atoms with van der Waals surface area (Å²) in [5, 5.41) is 13.9. The van der Waals surface area contributed by atoms with E-state index < -0.39 is 36.1 Å². The van der Waals surface area contributed by atoms with E-state index in [4.69, 9.17) is 16.7 Å². The quantitative estimate of drug-likeness (QED) is 0.472. The van der Waals surface area contributed by atoms with Gasteiger partial charge in [0.15, 0.2) is 5.13 Å². The average Bonchev–Trinajstić information content (AvgIpc) is 3.13. The van der Waals surface area contributed by atoms with E-state index in [9.17, 15) is 9.90 Å². The standard InChI is InChI=1S/C23H27N3O2S/c1-16-5-4-7-18(13-16)21(27)8-3-2-6-17-9-11-19(12-10-17)25-22(28)14-20-15-29-23(24)26-20/h4-5,7,9-13,15,21,27H,2-3,6,8,14H2,1H3,(H2,24,26)(H,25,28)/t21-/m0/s1/i4D,5D,7D,8D2,13D,15D,21D. The first-order valence-electron chi connectivity index (χ1n) is 13.1. The molecule has 2 aromatic carbocycles. The number of carbonyl (C=O) groups is 1. The van der Waals surface area contributed by atoms with Crippen LogP contribution in [-0.2, 0) is 17.6 Å². The second-order valence-electron chi connectivity index (χ2n) is 6.40. The summed E-state index contributed by atoms with van der Waals surface area (Å²) in [6.07, 6.45) is -5.19. The van der Waals surface area contributed by atoms with Crippen molar-refractivity contribution in [3.8, 4) is 0 Å². The highest BCUT2D eigenvalue weighted by Gasteiger charge is 2.08. The lowest BCUT2D eigenvalue weighted by atomic mass is 10.00. The number of nitrogens with one attached hydrogen (secondary N) is 1. The van der Waals surface area contributed by atoms with Crippen molar-refractivity contribution in [1.82, 2.24) is 4.98 Å². The molecular weight excluding hydrogens is 382 g/mol. The second kappa shape index (κ2) is 10.2. The number of nitrogen functional groups attached to an aromatic ring is 1. The molecule has 3 rings (SSSR count). The van der Waals surface area contributed by atoms with Crippen LogP contribution in [0.25, 0.3) is 0 Å². The predicted octanol–water partition coefficient (Wildman–Crippen LogP) is 4.66. The molecule has 0 spiro atoms. The van der Waals surface area contributed by atoms with Crippen LogP contribution in [0.3, 0.4) is 0 Å². The molecule has 0 saturated heterocycles. The number of aryl methyl sites for hydroxylation is 1. The van der Waals surface area contributed by atoms with Gasteiger partial charge in [0.1, 0.15) is 0 Å². The van der Waals surface area contributed by atoms with Gasteiger partial charge in [-0.3, -0.25) is 4.79 Å². The van der Waals surface area contributed by atoms with Crippen LogP contribution in [0.4, 0.5) is 10.8 Å². The summed E-state index contributed by atoms with van der Waals surface area (Å²) in [4.78, 5) is 16.2. The number of rotatable bonds is 9. The number of hydrogen-bond donors (Lipinski definition) is 3. The van der Waals surface area contributed by atoms with Gasteiger partial charge >= 0.3 is 0 Å². The molecule has 1 atom stereocenters. The zero-order chi connectivity index (χ0) is 27.7. The molecule has 0 aliphatic rings. The highest BCUT2D eigenvalue weighted by molar-refractivity contribution is 7.13. The third kappa shape index (κ3) is 6.69. The Labute approximate surface area is 186 Å². The van der Waals surface area contributed by atoms with Crippen LogP contribution in [0.2, 0.25) is 0 Å². The van der Waals surface area contributed by atoms with Crippen LogP contribution in [0.5, 0.6) is 0 Å². The number of thiazole rings is 1. The SMILES string of the molecule is [2H]c1sc(N)nc1CC(=O)Nc1ccc(CCCC([2H])([2H])[C@]([2H])(O)c2c([2H])c([2H])c([2H])c(C)c2[2H])cc1. The number of anilines is 2. The van der Waals surface area contributed by atoms with Gasteiger partial charge in [-0.2, -0.15) is 0 Å². The van der Waals surface area contributed by atoms with Crippen LogP contribution in [-0.4, -0.2) is 16.0 Å². The highest BCUT2D eigenvalue weighted by atomic mass is 32.1. The van der Waals surface area contributed by atoms with Crippen LogP contribution < -0.4 is 11.1 Å². The molecule has 1 heterocycles. The Morgan fingerprint density at radius 1 is 1.38 bits per heavy atom. The fourth-order valence-electron chi connectivity index (χ4n) is 2.62. The van der Waals surface area contributed by atoms with E-state index in [0.717, 1.165) is 16.9 Å². The van der Waals surface area contributed by atoms with Gasteiger partial charge in [0.05, 0.1) is 26.4 Å². The maximum Gasteiger partial charge on any atom is 0.230 e. The Bertz CT molecular complexity index is 1280. The Hall–Kier alpha value is -2.70. The van der Waals surface area contributed by atoms with E-state index in [1.807, 2.05) is 0 Å². The number of aromatic nitrogens is 1. The number of carbonyl (C=O) groups excluding carboxylic acids is 1. The minimum atomic E-state index is -2.95. The van der Waals surface area contributed by atoms with E-state index in [-0.39, 0.29) is 47.3 Å². The number of nitrogens with zero attached hydrogens (tertiary/aromatic N) is 1. The minimum Gasteiger partial charge on any atom is -0.388 e. The van der Waals surface area contributed by atoms with Crippen molar-refractivity contribution >= 4 is 28.1 Å². The first kappa shape index (κ1) is 12.8. The molecule has 0 aliphatic heterocycles. The summed E-state index contributed by atoms with van der Waals surface area (Å²) < 4.78 is 64.6. The van der Waals surface area contributed by atoms with E-state index >= 15 is 0 Å². The van der Waals surface area contributed by atoms with Crippen molar-refractivity contribution in [3.63, 3.8) is 0 Å². The summed E-state index contributed by atoms with van der Waals surface area (Å²) in [7, 11) is 0. The summed E-state index contributed by atoms with van der Waals surface area (Å²) in [6.45, 7) is 1.37. The van der Waals surface area contributed by atoms with Crippen molar-refractivity contribution in [2.24, 2.45) is 0 Å². The van der Waals surface area contributed by atoms with Crippen LogP contribution in [0.1, 0.15) is 58.6 Å². The van der Waals surface area contributed by atoms with Crippen LogP contribution >= 0.6 is 11.3 Å². The molecule has 1 amide bonds. The third-order valence-electron chi connectivity index (χ3n) is 4.01. The summed E-state index contributed by atoms with van der Waals surface area (Å²) in [6, 6.07) is 4.76. The normalized spacial score (nSPS) is 17.4. The zero-order valence-corrected chi connectivity index (χ0v) is 16.7. The number of benzene rings is 2. The van der Waals surface area contributed by atoms with Gasteiger partial charge in [0.2, 0.25) is 5.91 Å². The molecule has 3 aromatic rings. The number of aliphatic hydroxyl groups is 1. The van der Waals surface area contributed by atoms with Crippen molar-refractivity contribution in [2.75, 3.05) is 11.1 Å².